The highest BCUT2D eigenvalue weighted by Gasteiger charge is 2.10. The maximum Gasteiger partial charge on any atom is 0.141 e. The number of benzene rings is 1. The van der Waals surface area contributed by atoms with Gasteiger partial charge in [0.2, 0.25) is 0 Å². The topological polar surface area (TPSA) is 20.2 Å². The fraction of sp³-hybridized carbons (Fsp3) is 0.231. The van der Waals surface area contributed by atoms with Crippen molar-refractivity contribution in [1.82, 2.24) is 0 Å². The lowest BCUT2D eigenvalue weighted by molar-refractivity contribution is 0.168. The van der Waals surface area contributed by atoms with Crippen molar-refractivity contribution in [3.05, 3.63) is 57.0 Å². The van der Waals surface area contributed by atoms with Crippen molar-refractivity contribution in [2.75, 3.05) is 0 Å². The largest absolute Gasteiger partial charge is 0.388 e. The Labute approximate surface area is 108 Å². The molecule has 0 aliphatic rings. The van der Waals surface area contributed by atoms with Gasteiger partial charge in [-0.15, -0.1) is 0 Å². The Balaban J connectivity index is 1.99. The summed E-state index contributed by atoms with van der Waals surface area (Å²) in [6, 6.07) is 6.37. The first-order valence-corrected chi connectivity index (χ1v) is 6.63. The van der Waals surface area contributed by atoms with E-state index in [-0.39, 0.29) is 5.02 Å². The molecule has 0 aliphatic heterocycles. The highest BCUT2D eigenvalue weighted by molar-refractivity contribution is 7.07. The van der Waals surface area contributed by atoms with E-state index in [1.807, 2.05) is 11.4 Å². The third-order valence-corrected chi connectivity index (χ3v) is 3.64. The van der Waals surface area contributed by atoms with E-state index in [0.29, 0.717) is 12.0 Å². The molecule has 0 amide bonds. The van der Waals surface area contributed by atoms with Crippen molar-refractivity contribution in [3.8, 4) is 0 Å². The van der Waals surface area contributed by atoms with Crippen molar-refractivity contribution in [3.63, 3.8) is 0 Å². The minimum absolute atomic E-state index is 0.0529. The van der Waals surface area contributed by atoms with Gasteiger partial charge in [-0.05, 0) is 52.9 Å². The molecule has 0 saturated heterocycles. The number of aliphatic hydroxyl groups is 1. The predicted molar refractivity (Wildman–Crippen MR) is 69.0 cm³/mol. The molecule has 0 aliphatic carbocycles. The number of aliphatic hydroxyl groups excluding tert-OH is 1. The Hall–Kier alpha value is -0.900. The molecule has 17 heavy (non-hydrogen) atoms. The average molecular weight is 271 g/mol. The van der Waals surface area contributed by atoms with Gasteiger partial charge in [0.25, 0.3) is 0 Å². The second-order valence-electron chi connectivity index (χ2n) is 3.86. The van der Waals surface area contributed by atoms with Crippen LogP contribution in [0.25, 0.3) is 0 Å². The van der Waals surface area contributed by atoms with Crippen molar-refractivity contribution in [2.45, 2.75) is 18.9 Å². The summed E-state index contributed by atoms with van der Waals surface area (Å²) in [4.78, 5) is 0. The van der Waals surface area contributed by atoms with Crippen LogP contribution in [0.2, 0.25) is 5.02 Å². The van der Waals surface area contributed by atoms with Crippen molar-refractivity contribution < 1.29 is 9.50 Å². The highest BCUT2D eigenvalue weighted by atomic mass is 35.5. The van der Waals surface area contributed by atoms with Gasteiger partial charge in [-0.2, -0.15) is 11.3 Å². The van der Waals surface area contributed by atoms with Gasteiger partial charge in [0.1, 0.15) is 5.82 Å². The highest BCUT2D eigenvalue weighted by Crippen LogP contribution is 2.24. The van der Waals surface area contributed by atoms with Gasteiger partial charge in [-0.1, -0.05) is 17.7 Å². The first-order valence-electron chi connectivity index (χ1n) is 5.31. The van der Waals surface area contributed by atoms with Crippen LogP contribution in [0, 0.1) is 5.82 Å². The number of halogens is 2. The number of thiophene rings is 1. The fourth-order valence-electron chi connectivity index (χ4n) is 1.62. The smallest absolute Gasteiger partial charge is 0.141 e. The van der Waals surface area contributed by atoms with E-state index in [4.69, 9.17) is 11.6 Å². The van der Waals surface area contributed by atoms with E-state index < -0.39 is 11.9 Å². The van der Waals surface area contributed by atoms with E-state index in [1.54, 1.807) is 17.4 Å². The second kappa shape index (κ2) is 5.63. The zero-order valence-corrected chi connectivity index (χ0v) is 10.6. The van der Waals surface area contributed by atoms with Gasteiger partial charge < -0.3 is 5.11 Å². The van der Waals surface area contributed by atoms with Crippen LogP contribution in [0.15, 0.2) is 35.0 Å². The standard InChI is InChI=1S/C13H12ClFOS/c14-11-7-10(2-3-12(11)15)13(16)4-1-9-5-6-17-8-9/h2-3,5-8,13,16H,1,4H2. The van der Waals surface area contributed by atoms with E-state index in [1.165, 1.54) is 17.7 Å². The molecule has 0 radical (unpaired) electrons. The second-order valence-corrected chi connectivity index (χ2v) is 5.05. The quantitative estimate of drug-likeness (QED) is 0.882. The Morgan fingerprint density at radius 1 is 1.35 bits per heavy atom. The zero-order valence-electron chi connectivity index (χ0n) is 9.07. The monoisotopic (exact) mass is 270 g/mol. The summed E-state index contributed by atoms with van der Waals surface area (Å²) in [5.41, 5.74) is 1.87. The number of hydrogen-bond acceptors (Lipinski definition) is 2. The normalized spacial score (nSPS) is 12.6. The zero-order chi connectivity index (χ0) is 12.3. The van der Waals surface area contributed by atoms with E-state index in [9.17, 15) is 9.50 Å². The molecule has 1 aromatic heterocycles. The number of hydrogen-bond donors (Lipinski definition) is 1. The molecule has 0 saturated carbocycles. The van der Waals surface area contributed by atoms with Crippen LogP contribution in [-0.2, 0) is 6.42 Å². The molecule has 0 fully saturated rings. The summed E-state index contributed by atoms with van der Waals surface area (Å²) in [6.45, 7) is 0. The molecule has 0 spiro atoms. The molecule has 1 N–H and O–H groups in total. The van der Waals surface area contributed by atoms with Crippen LogP contribution in [0.4, 0.5) is 4.39 Å². The number of rotatable bonds is 4. The minimum Gasteiger partial charge on any atom is -0.388 e. The van der Waals surface area contributed by atoms with E-state index in [2.05, 4.69) is 5.38 Å². The summed E-state index contributed by atoms with van der Waals surface area (Å²) in [5.74, 6) is -0.458. The Bertz CT molecular complexity index is 484. The number of aryl methyl sites for hydroxylation is 1. The average Bonchev–Trinajstić information content (AvgIpc) is 2.82. The lowest BCUT2D eigenvalue weighted by Crippen LogP contribution is -1.99. The summed E-state index contributed by atoms with van der Waals surface area (Å²) >= 11 is 7.31. The van der Waals surface area contributed by atoms with E-state index in [0.717, 1.165) is 6.42 Å². The summed E-state index contributed by atoms with van der Waals surface area (Å²) < 4.78 is 13.0. The molecule has 1 heterocycles. The van der Waals surface area contributed by atoms with Gasteiger partial charge in [0.15, 0.2) is 0 Å². The van der Waals surface area contributed by atoms with Gasteiger partial charge in [0.05, 0.1) is 11.1 Å². The summed E-state index contributed by atoms with van der Waals surface area (Å²) in [7, 11) is 0. The molecule has 1 nitrogen and oxygen atoms in total. The van der Waals surface area contributed by atoms with E-state index >= 15 is 0 Å². The van der Waals surface area contributed by atoms with Crippen molar-refractivity contribution >= 4 is 22.9 Å². The lowest BCUT2D eigenvalue weighted by Gasteiger charge is -2.10. The van der Waals surface area contributed by atoms with Crippen LogP contribution in [0.5, 0.6) is 0 Å². The van der Waals surface area contributed by atoms with Crippen LogP contribution in [-0.4, -0.2) is 5.11 Å². The fourth-order valence-corrected chi connectivity index (χ4v) is 2.52. The van der Waals surface area contributed by atoms with Crippen LogP contribution >= 0.6 is 22.9 Å². The van der Waals surface area contributed by atoms with Crippen LogP contribution < -0.4 is 0 Å². The Morgan fingerprint density at radius 2 is 2.18 bits per heavy atom. The van der Waals surface area contributed by atoms with Gasteiger partial charge >= 0.3 is 0 Å². The Morgan fingerprint density at radius 3 is 2.82 bits per heavy atom. The van der Waals surface area contributed by atoms with Crippen LogP contribution in [0.3, 0.4) is 0 Å². The first kappa shape index (κ1) is 12.6. The third kappa shape index (κ3) is 3.28. The molecular weight excluding hydrogens is 259 g/mol. The SMILES string of the molecule is OC(CCc1ccsc1)c1ccc(F)c(Cl)c1. The summed E-state index contributed by atoms with van der Waals surface area (Å²) in [6.07, 6.45) is 0.811. The van der Waals surface area contributed by atoms with Gasteiger partial charge in [0, 0.05) is 0 Å². The molecule has 1 unspecified atom stereocenters. The Kier molecular flexibility index (Phi) is 4.15. The van der Waals surface area contributed by atoms with Crippen molar-refractivity contribution in [1.29, 1.82) is 0 Å². The third-order valence-electron chi connectivity index (χ3n) is 2.61. The van der Waals surface area contributed by atoms with Crippen LogP contribution in [0.1, 0.15) is 23.7 Å². The molecule has 2 rings (SSSR count). The maximum atomic E-state index is 13.0. The molecule has 4 heteroatoms. The molecule has 1 aromatic carbocycles. The minimum atomic E-state index is -0.604. The molecule has 0 bridgehead atoms. The molecule has 90 valence electrons. The molecular formula is C13H12ClFOS. The predicted octanol–water partition coefficient (Wildman–Crippen LogP) is 4.21. The van der Waals surface area contributed by atoms with Gasteiger partial charge in [-0.3, -0.25) is 0 Å². The lowest BCUT2D eigenvalue weighted by atomic mass is 10.0. The van der Waals surface area contributed by atoms with Crippen molar-refractivity contribution in [2.24, 2.45) is 0 Å². The molecule has 1 atom stereocenters. The maximum absolute atomic E-state index is 13.0. The summed E-state index contributed by atoms with van der Waals surface area (Å²) in [5, 5.41) is 14.1. The van der Waals surface area contributed by atoms with Gasteiger partial charge in [-0.25, -0.2) is 4.39 Å². The first-order chi connectivity index (χ1) is 8.16. The molecule has 2 aromatic rings.